The highest BCUT2D eigenvalue weighted by molar-refractivity contribution is 5.54. The monoisotopic (exact) mass is 162 g/mol. The molecule has 0 aliphatic carbocycles. The Bertz CT molecular complexity index is 292. The molecule has 0 atom stereocenters. The Morgan fingerprint density at radius 1 is 1.33 bits per heavy atom. The van der Waals surface area contributed by atoms with Gasteiger partial charge in [-0.1, -0.05) is 12.1 Å². The van der Waals surface area contributed by atoms with Crippen molar-refractivity contribution in [2.45, 2.75) is 13.8 Å². The van der Waals surface area contributed by atoms with Crippen molar-refractivity contribution in [3.05, 3.63) is 29.3 Å². The smallest absolute Gasteiger partial charge is 0.0622 e. The summed E-state index contributed by atoms with van der Waals surface area (Å²) in [4.78, 5) is 0. The Labute approximate surface area is 73.5 Å². The van der Waals surface area contributed by atoms with Crippen molar-refractivity contribution in [1.29, 1.82) is 0 Å². The summed E-state index contributed by atoms with van der Waals surface area (Å²) < 4.78 is 0. The van der Waals surface area contributed by atoms with Crippen molar-refractivity contribution < 1.29 is 0 Å². The second-order valence-corrected chi connectivity index (χ2v) is 2.95. The zero-order valence-corrected chi connectivity index (χ0v) is 7.83. The van der Waals surface area contributed by atoms with Crippen LogP contribution in [0.1, 0.15) is 11.1 Å². The molecule has 0 amide bonds. The third kappa shape index (κ3) is 1.64. The Morgan fingerprint density at radius 3 is 2.58 bits per heavy atom. The topological polar surface area (TPSA) is 15.6 Å². The van der Waals surface area contributed by atoms with E-state index >= 15 is 0 Å². The first-order valence-corrected chi connectivity index (χ1v) is 3.93. The predicted octanol–water partition coefficient (Wildman–Crippen LogP) is 2.36. The number of benzene rings is 1. The highest BCUT2D eigenvalue weighted by Gasteiger charge is 2.01. The highest BCUT2D eigenvalue weighted by Crippen LogP contribution is 2.19. The fourth-order valence-electron chi connectivity index (χ4n) is 1.14. The zero-order valence-electron chi connectivity index (χ0n) is 7.83. The highest BCUT2D eigenvalue weighted by atomic mass is 15.4. The van der Waals surface area contributed by atoms with E-state index in [0.29, 0.717) is 0 Å². The lowest BCUT2D eigenvalue weighted by Gasteiger charge is -2.15. The third-order valence-corrected chi connectivity index (χ3v) is 1.93. The zero-order chi connectivity index (χ0) is 9.14. The minimum atomic E-state index is 1.12. The molecule has 12 heavy (non-hydrogen) atoms. The molecule has 0 bridgehead atoms. The number of hydrogen-bond acceptors (Lipinski definition) is 2. The third-order valence-electron chi connectivity index (χ3n) is 1.93. The van der Waals surface area contributed by atoms with Gasteiger partial charge >= 0.3 is 0 Å². The van der Waals surface area contributed by atoms with Crippen LogP contribution < -0.4 is 5.01 Å². The summed E-state index contributed by atoms with van der Waals surface area (Å²) in [6.45, 7) is 7.62. The molecule has 1 rings (SSSR count). The SMILES string of the molecule is C=NN(C)c1cc(C)ccc1C. The standard InChI is InChI=1S/C10H14N2/c1-8-5-6-9(2)10(7-8)12(4)11-3/h5-7H,3H2,1-2,4H3. The maximum Gasteiger partial charge on any atom is 0.0622 e. The van der Waals surface area contributed by atoms with Gasteiger partial charge in [-0.05, 0) is 31.0 Å². The van der Waals surface area contributed by atoms with Gasteiger partial charge in [-0.15, -0.1) is 0 Å². The van der Waals surface area contributed by atoms with Gasteiger partial charge in [0.15, 0.2) is 0 Å². The van der Waals surface area contributed by atoms with E-state index in [0.717, 1.165) is 5.69 Å². The molecule has 0 saturated carbocycles. The second-order valence-electron chi connectivity index (χ2n) is 2.95. The average molecular weight is 162 g/mol. The van der Waals surface area contributed by atoms with E-state index in [2.05, 4.69) is 43.9 Å². The van der Waals surface area contributed by atoms with Crippen molar-refractivity contribution in [3.8, 4) is 0 Å². The normalized spacial score (nSPS) is 9.58. The first kappa shape index (κ1) is 8.78. The molecule has 0 aliphatic rings. The van der Waals surface area contributed by atoms with Gasteiger partial charge in [0.1, 0.15) is 0 Å². The largest absolute Gasteiger partial charge is 0.269 e. The Hall–Kier alpha value is -1.31. The van der Waals surface area contributed by atoms with Gasteiger partial charge in [-0.3, -0.25) is 5.01 Å². The molecule has 0 unspecified atom stereocenters. The summed E-state index contributed by atoms with van der Waals surface area (Å²) in [5, 5.41) is 5.62. The van der Waals surface area contributed by atoms with Crippen molar-refractivity contribution in [1.82, 2.24) is 0 Å². The van der Waals surface area contributed by atoms with Crippen LogP contribution in [0.3, 0.4) is 0 Å². The van der Waals surface area contributed by atoms with Crippen LogP contribution in [-0.4, -0.2) is 13.8 Å². The van der Waals surface area contributed by atoms with Gasteiger partial charge in [0.05, 0.1) is 5.69 Å². The molecule has 0 saturated heterocycles. The van der Waals surface area contributed by atoms with Gasteiger partial charge in [0.2, 0.25) is 0 Å². The van der Waals surface area contributed by atoms with E-state index in [1.54, 1.807) is 5.01 Å². The van der Waals surface area contributed by atoms with Crippen LogP contribution in [0.5, 0.6) is 0 Å². The Balaban J connectivity index is 3.12. The van der Waals surface area contributed by atoms with Crippen LogP contribution in [0.25, 0.3) is 0 Å². The van der Waals surface area contributed by atoms with Crippen LogP contribution in [0, 0.1) is 13.8 Å². The summed E-state index contributed by atoms with van der Waals surface area (Å²) in [5.74, 6) is 0. The molecule has 2 heteroatoms. The average Bonchev–Trinajstić information content (AvgIpc) is 2.08. The molecule has 0 fully saturated rings. The molecule has 0 N–H and O–H groups in total. The van der Waals surface area contributed by atoms with Crippen molar-refractivity contribution in [3.63, 3.8) is 0 Å². The van der Waals surface area contributed by atoms with Crippen molar-refractivity contribution in [2.24, 2.45) is 5.10 Å². The van der Waals surface area contributed by atoms with E-state index in [1.807, 2.05) is 7.05 Å². The van der Waals surface area contributed by atoms with Gasteiger partial charge in [0, 0.05) is 13.8 Å². The van der Waals surface area contributed by atoms with Gasteiger partial charge in [-0.2, -0.15) is 5.10 Å². The van der Waals surface area contributed by atoms with E-state index < -0.39 is 0 Å². The van der Waals surface area contributed by atoms with Crippen molar-refractivity contribution in [2.75, 3.05) is 12.1 Å². The lowest BCUT2D eigenvalue weighted by atomic mass is 10.1. The number of anilines is 1. The number of nitrogens with zero attached hydrogens (tertiary/aromatic N) is 2. The minimum Gasteiger partial charge on any atom is -0.269 e. The van der Waals surface area contributed by atoms with E-state index in [4.69, 9.17) is 0 Å². The minimum absolute atomic E-state index is 1.12. The summed E-state index contributed by atoms with van der Waals surface area (Å²) >= 11 is 0. The van der Waals surface area contributed by atoms with Crippen molar-refractivity contribution >= 4 is 12.4 Å². The van der Waals surface area contributed by atoms with Crippen LogP contribution in [0.4, 0.5) is 5.69 Å². The van der Waals surface area contributed by atoms with Gasteiger partial charge in [-0.25, -0.2) is 0 Å². The number of hydrazone groups is 1. The Kier molecular flexibility index (Phi) is 2.48. The van der Waals surface area contributed by atoms with Crippen LogP contribution in [0.2, 0.25) is 0 Å². The summed E-state index contributed by atoms with van der Waals surface area (Å²) in [7, 11) is 1.90. The van der Waals surface area contributed by atoms with E-state index in [1.165, 1.54) is 11.1 Å². The molecule has 0 aliphatic heterocycles. The molecular weight excluding hydrogens is 148 g/mol. The van der Waals surface area contributed by atoms with Gasteiger partial charge in [0.25, 0.3) is 0 Å². The van der Waals surface area contributed by atoms with E-state index in [9.17, 15) is 0 Å². The van der Waals surface area contributed by atoms with Crippen LogP contribution in [0.15, 0.2) is 23.3 Å². The number of hydrogen-bond donors (Lipinski definition) is 0. The molecule has 1 aromatic rings. The summed E-state index contributed by atoms with van der Waals surface area (Å²) in [6.07, 6.45) is 0. The summed E-state index contributed by atoms with van der Waals surface area (Å²) in [6, 6.07) is 6.28. The number of rotatable bonds is 2. The lowest BCUT2D eigenvalue weighted by Crippen LogP contribution is -2.08. The molecule has 1 aromatic carbocycles. The lowest BCUT2D eigenvalue weighted by molar-refractivity contribution is 1.02. The second kappa shape index (κ2) is 3.39. The molecule has 64 valence electrons. The predicted molar refractivity (Wildman–Crippen MR) is 53.9 cm³/mol. The van der Waals surface area contributed by atoms with E-state index in [-0.39, 0.29) is 0 Å². The molecule has 0 spiro atoms. The first-order valence-electron chi connectivity index (χ1n) is 3.93. The summed E-state index contributed by atoms with van der Waals surface area (Å²) in [5.41, 5.74) is 3.58. The maximum absolute atomic E-state index is 3.84. The molecule has 2 nitrogen and oxygen atoms in total. The first-order chi connectivity index (χ1) is 5.65. The molecular formula is C10H14N2. The maximum atomic E-state index is 3.84. The molecule has 0 radical (unpaired) electrons. The number of aryl methyl sites for hydroxylation is 2. The molecule has 0 aromatic heterocycles. The Morgan fingerprint density at radius 2 is 2.00 bits per heavy atom. The quantitative estimate of drug-likeness (QED) is 0.481. The van der Waals surface area contributed by atoms with Crippen LogP contribution in [-0.2, 0) is 0 Å². The van der Waals surface area contributed by atoms with Gasteiger partial charge < -0.3 is 0 Å². The fraction of sp³-hybridized carbons (Fsp3) is 0.300. The fourth-order valence-corrected chi connectivity index (χ4v) is 1.14. The van der Waals surface area contributed by atoms with Crippen LogP contribution >= 0.6 is 0 Å². The molecule has 0 heterocycles.